The molecule has 0 amide bonds. The minimum Gasteiger partial charge on any atom is -0.504 e. The predicted molar refractivity (Wildman–Crippen MR) is 50.3 cm³/mol. The van der Waals surface area contributed by atoms with E-state index in [1.54, 1.807) is 12.1 Å². The first-order chi connectivity index (χ1) is 6.74. The molecule has 74 valence electrons. The van der Waals surface area contributed by atoms with Crippen LogP contribution in [0.15, 0.2) is 12.1 Å². The van der Waals surface area contributed by atoms with Crippen LogP contribution in [0.25, 0.3) is 0 Å². The maximum atomic E-state index is 9.40. The second kappa shape index (κ2) is 2.64. The smallest absolute Gasteiger partial charge is 0.157 e. The van der Waals surface area contributed by atoms with Gasteiger partial charge in [0.1, 0.15) is 0 Å². The summed E-state index contributed by atoms with van der Waals surface area (Å²) in [6.07, 6.45) is 3.43. The Labute approximate surface area is 81.9 Å². The van der Waals surface area contributed by atoms with Crippen LogP contribution in [0.2, 0.25) is 0 Å². The van der Waals surface area contributed by atoms with Gasteiger partial charge in [-0.05, 0) is 42.5 Å². The molecule has 1 aromatic rings. The molecule has 3 nitrogen and oxygen atoms in total. The fourth-order valence-electron chi connectivity index (χ4n) is 2.44. The third-order valence-electron chi connectivity index (χ3n) is 3.14. The normalized spacial score (nSPS) is 28.9. The third kappa shape index (κ3) is 1.02. The summed E-state index contributed by atoms with van der Waals surface area (Å²) in [5.74, 6) is -0.0669. The van der Waals surface area contributed by atoms with Gasteiger partial charge in [-0.3, -0.25) is 0 Å². The Morgan fingerprint density at radius 1 is 1.14 bits per heavy atom. The first kappa shape index (κ1) is 8.12. The summed E-state index contributed by atoms with van der Waals surface area (Å²) in [5, 5.41) is 18.8. The van der Waals surface area contributed by atoms with Crippen LogP contribution in [0, 0.1) is 0 Å². The molecule has 3 heteroatoms. The molecule has 1 fully saturated rings. The van der Waals surface area contributed by atoms with Gasteiger partial charge in [-0.25, -0.2) is 0 Å². The average Bonchev–Trinajstić information content (AvgIpc) is 2.54. The second-order valence-electron chi connectivity index (χ2n) is 4.07. The number of hydrogen-bond donors (Lipinski definition) is 2. The molecule has 1 saturated heterocycles. The lowest BCUT2D eigenvalue weighted by molar-refractivity contribution is 0.0321. The molecule has 14 heavy (non-hydrogen) atoms. The van der Waals surface area contributed by atoms with Crippen LogP contribution in [-0.2, 0) is 11.2 Å². The first-order valence-corrected chi connectivity index (χ1v) is 4.94. The van der Waals surface area contributed by atoms with E-state index in [9.17, 15) is 10.2 Å². The zero-order valence-corrected chi connectivity index (χ0v) is 7.73. The fourth-order valence-corrected chi connectivity index (χ4v) is 2.44. The second-order valence-corrected chi connectivity index (χ2v) is 4.07. The zero-order chi connectivity index (χ0) is 9.71. The lowest BCUT2D eigenvalue weighted by atomic mass is 9.97. The van der Waals surface area contributed by atoms with Crippen LogP contribution in [-0.4, -0.2) is 16.3 Å². The Morgan fingerprint density at radius 2 is 1.93 bits per heavy atom. The monoisotopic (exact) mass is 192 g/mol. The SMILES string of the molecule is Oc1cc2c(cc1O)[C@H]1CC[C@@H](C2)O1. The van der Waals surface area contributed by atoms with Gasteiger partial charge in [-0.1, -0.05) is 0 Å². The zero-order valence-electron chi connectivity index (χ0n) is 7.73. The summed E-state index contributed by atoms with van der Waals surface area (Å²) in [4.78, 5) is 0. The number of fused-ring (bicyclic) bond motifs is 4. The Balaban J connectivity index is 2.14. The van der Waals surface area contributed by atoms with Gasteiger partial charge >= 0.3 is 0 Å². The van der Waals surface area contributed by atoms with Crippen molar-refractivity contribution < 1.29 is 14.9 Å². The van der Waals surface area contributed by atoms with Crippen molar-refractivity contribution in [1.29, 1.82) is 0 Å². The van der Waals surface area contributed by atoms with E-state index < -0.39 is 0 Å². The van der Waals surface area contributed by atoms with Gasteiger partial charge in [0.15, 0.2) is 11.5 Å². The van der Waals surface area contributed by atoms with E-state index >= 15 is 0 Å². The topological polar surface area (TPSA) is 49.7 Å². The van der Waals surface area contributed by atoms with Gasteiger partial charge in [0.25, 0.3) is 0 Å². The molecule has 2 aliphatic heterocycles. The molecule has 0 radical (unpaired) electrons. The maximum Gasteiger partial charge on any atom is 0.157 e. The Hall–Kier alpha value is -1.22. The minimum atomic E-state index is -0.0438. The van der Waals surface area contributed by atoms with Gasteiger partial charge in [0, 0.05) is 0 Å². The lowest BCUT2D eigenvalue weighted by Gasteiger charge is -2.24. The molecule has 2 aliphatic rings. The number of phenols is 2. The molecule has 0 unspecified atom stereocenters. The summed E-state index contributed by atoms with van der Waals surface area (Å²) >= 11 is 0. The van der Waals surface area contributed by atoms with E-state index in [4.69, 9.17) is 4.74 Å². The Kier molecular flexibility index (Phi) is 1.53. The summed E-state index contributed by atoms with van der Waals surface area (Å²) in [7, 11) is 0. The fraction of sp³-hybridized carbons (Fsp3) is 0.455. The van der Waals surface area contributed by atoms with Crippen molar-refractivity contribution in [2.45, 2.75) is 31.5 Å². The molecule has 0 aliphatic carbocycles. The van der Waals surface area contributed by atoms with E-state index in [0.717, 1.165) is 30.4 Å². The lowest BCUT2D eigenvalue weighted by Crippen LogP contribution is -2.17. The van der Waals surface area contributed by atoms with Crippen molar-refractivity contribution in [1.82, 2.24) is 0 Å². The number of phenolic OH excluding ortho intramolecular Hbond substituents is 2. The summed E-state index contributed by atoms with van der Waals surface area (Å²) in [6.45, 7) is 0. The van der Waals surface area contributed by atoms with Crippen molar-refractivity contribution in [3.05, 3.63) is 23.3 Å². The molecule has 2 N–H and O–H groups in total. The molecular formula is C11H12O3. The van der Waals surface area contributed by atoms with Crippen molar-refractivity contribution in [3.63, 3.8) is 0 Å². The number of rotatable bonds is 0. The standard InChI is InChI=1S/C11H12O3/c12-9-4-6-3-7-1-2-11(14-7)8(6)5-10(9)13/h4-5,7,11-13H,1-3H2/t7-,11+/m0/s1. The van der Waals surface area contributed by atoms with E-state index in [1.807, 2.05) is 0 Å². The highest BCUT2D eigenvalue weighted by Gasteiger charge is 2.34. The van der Waals surface area contributed by atoms with E-state index in [-0.39, 0.29) is 17.6 Å². The molecule has 0 aromatic heterocycles. The van der Waals surface area contributed by atoms with Gasteiger partial charge < -0.3 is 14.9 Å². The number of benzene rings is 1. The van der Waals surface area contributed by atoms with E-state index in [1.165, 1.54) is 0 Å². The number of ether oxygens (including phenoxy) is 1. The van der Waals surface area contributed by atoms with Gasteiger partial charge in [-0.2, -0.15) is 0 Å². The molecule has 0 saturated carbocycles. The van der Waals surface area contributed by atoms with Crippen molar-refractivity contribution in [3.8, 4) is 11.5 Å². The van der Waals surface area contributed by atoms with Crippen molar-refractivity contribution >= 4 is 0 Å². The van der Waals surface area contributed by atoms with Crippen molar-refractivity contribution in [2.24, 2.45) is 0 Å². The largest absolute Gasteiger partial charge is 0.504 e. The maximum absolute atomic E-state index is 9.40. The van der Waals surface area contributed by atoms with Gasteiger partial charge in [-0.15, -0.1) is 0 Å². The molecule has 2 heterocycles. The highest BCUT2D eigenvalue weighted by atomic mass is 16.5. The van der Waals surface area contributed by atoms with Crippen LogP contribution < -0.4 is 0 Å². The summed E-state index contributed by atoms with van der Waals surface area (Å²) in [5.41, 5.74) is 2.17. The first-order valence-electron chi connectivity index (χ1n) is 4.94. The Morgan fingerprint density at radius 3 is 2.79 bits per heavy atom. The van der Waals surface area contributed by atoms with E-state index in [2.05, 4.69) is 0 Å². The van der Waals surface area contributed by atoms with Gasteiger partial charge in [0.2, 0.25) is 0 Å². The number of aromatic hydroxyl groups is 2. The van der Waals surface area contributed by atoms with Crippen LogP contribution in [0.5, 0.6) is 11.5 Å². The number of hydrogen-bond acceptors (Lipinski definition) is 3. The predicted octanol–water partition coefficient (Wildman–Crippen LogP) is 1.87. The molecule has 2 atom stereocenters. The summed E-state index contributed by atoms with van der Waals surface area (Å²) < 4.78 is 5.73. The van der Waals surface area contributed by atoms with Crippen molar-refractivity contribution in [2.75, 3.05) is 0 Å². The van der Waals surface area contributed by atoms with Crippen LogP contribution in [0.3, 0.4) is 0 Å². The van der Waals surface area contributed by atoms with E-state index in [0.29, 0.717) is 6.10 Å². The van der Waals surface area contributed by atoms with Crippen LogP contribution in [0.4, 0.5) is 0 Å². The molecule has 3 rings (SSSR count). The Bertz CT molecular complexity index is 386. The van der Waals surface area contributed by atoms with Crippen LogP contribution in [0.1, 0.15) is 30.1 Å². The van der Waals surface area contributed by atoms with Gasteiger partial charge in [0.05, 0.1) is 12.2 Å². The molecule has 2 bridgehead atoms. The van der Waals surface area contributed by atoms with Crippen LogP contribution >= 0.6 is 0 Å². The highest BCUT2D eigenvalue weighted by Crippen LogP contribution is 2.44. The highest BCUT2D eigenvalue weighted by molar-refractivity contribution is 5.47. The minimum absolute atomic E-state index is 0.0231. The molecule has 0 spiro atoms. The third-order valence-corrected chi connectivity index (χ3v) is 3.14. The average molecular weight is 192 g/mol. The summed E-state index contributed by atoms with van der Waals surface area (Å²) in [6, 6.07) is 3.30. The quantitative estimate of drug-likeness (QED) is 0.617. The molecular weight excluding hydrogens is 180 g/mol. The molecule has 1 aromatic carbocycles.